The van der Waals surface area contributed by atoms with Crippen LogP contribution in [0.2, 0.25) is 0 Å². The second kappa shape index (κ2) is 44.5. The van der Waals surface area contributed by atoms with Gasteiger partial charge in [-0.2, -0.15) is 0 Å². The third-order valence-electron chi connectivity index (χ3n) is 0. The van der Waals surface area contributed by atoms with Gasteiger partial charge in [0.25, 0.3) is 0 Å². The molecule has 0 heterocycles. The van der Waals surface area contributed by atoms with Crippen LogP contribution < -0.4 is 0 Å². The zero-order chi connectivity index (χ0) is 2.71. The molecule has 0 aliphatic rings. The van der Waals surface area contributed by atoms with Gasteiger partial charge in [0.05, 0.1) is 0 Å². The van der Waals surface area contributed by atoms with E-state index in [0.717, 1.165) is 0 Å². The molecule has 0 spiro atoms. The van der Waals surface area contributed by atoms with Crippen LogP contribution in [0.25, 0.3) is 0 Å². The van der Waals surface area contributed by atoms with Gasteiger partial charge in [-0.1, -0.05) is 20.3 Å². The van der Waals surface area contributed by atoms with Crippen LogP contribution in [0.15, 0.2) is 0 Å². The first-order chi connectivity index (χ1) is 1.41. The maximum atomic E-state index is 2.12. The Morgan fingerprint density at radius 1 is 0.714 bits per heavy atom. The highest BCUT2D eigenvalue weighted by Gasteiger charge is 1.35. The van der Waals surface area contributed by atoms with E-state index in [9.17, 15) is 0 Å². The summed E-state index contributed by atoms with van der Waals surface area (Å²) in [6, 6.07) is 0. The Morgan fingerprint density at radius 2 is 0.714 bits per heavy atom. The Kier molecular flexibility index (Phi) is 231. The zero-order valence-electron chi connectivity index (χ0n) is 4.34. The standard InChI is InChI=1S/C3H8.4BrH/c1-3-2;;;;/h3H2,1-2H3;4*1H. The summed E-state index contributed by atoms with van der Waals surface area (Å²) in [5, 5.41) is 0. The summed E-state index contributed by atoms with van der Waals surface area (Å²) in [5.41, 5.74) is 0. The van der Waals surface area contributed by atoms with Crippen molar-refractivity contribution in [3.63, 3.8) is 0 Å². The van der Waals surface area contributed by atoms with Crippen molar-refractivity contribution < 1.29 is 0 Å². The van der Waals surface area contributed by atoms with Crippen LogP contribution in [0.3, 0.4) is 0 Å². The lowest BCUT2D eigenvalue weighted by Crippen LogP contribution is -1.27. The second-order valence-corrected chi connectivity index (χ2v) is 0.707. The minimum absolute atomic E-state index is 0. The molecule has 0 aromatic rings. The predicted octanol–water partition coefficient (Wildman–Crippen LogP) is 3.73. The van der Waals surface area contributed by atoms with Crippen LogP contribution in [0, 0.1) is 0 Å². The highest BCUT2D eigenvalue weighted by atomic mass is 79.9. The molecule has 7 heavy (non-hydrogen) atoms. The third kappa shape index (κ3) is 75.3. The molecular weight excluding hydrogens is 356 g/mol. The number of rotatable bonds is 0. The van der Waals surface area contributed by atoms with Crippen LogP contribution in [-0.2, 0) is 0 Å². The lowest BCUT2D eigenvalue weighted by atomic mass is 10.6. The summed E-state index contributed by atoms with van der Waals surface area (Å²) in [7, 11) is 0. The normalized spacial score (nSPS) is 2.57. The summed E-state index contributed by atoms with van der Waals surface area (Å²) in [5.74, 6) is 0. The van der Waals surface area contributed by atoms with E-state index in [1.165, 1.54) is 6.42 Å². The summed E-state index contributed by atoms with van der Waals surface area (Å²) in [6.07, 6.45) is 1.25. The van der Waals surface area contributed by atoms with E-state index in [4.69, 9.17) is 0 Å². The van der Waals surface area contributed by atoms with E-state index in [-0.39, 0.29) is 67.9 Å². The first-order valence-corrected chi connectivity index (χ1v) is 1.41. The summed E-state index contributed by atoms with van der Waals surface area (Å²) in [6.45, 7) is 4.25. The summed E-state index contributed by atoms with van der Waals surface area (Å²) in [4.78, 5) is 0. The molecule has 52 valence electrons. The first kappa shape index (κ1) is 36.4. The average molecular weight is 368 g/mol. The van der Waals surface area contributed by atoms with E-state index in [1.54, 1.807) is 0 Å². The molecule has 0 unspecified atom stereocenters. The Balaban J connectivity index is -0.00000000333. The van der Waals surface area contributed by atoms with Crippen molar-refractivity contribution in [2.24, 2.45) is 0 Å². The minimum atomic E-state index is 0. The van der Waals surface area contributed by atoms with Crippen LogP contribution in [0.1, 0.15) is 20.3 Å². The molecule has 0 aliphatic carbocycles. The second-order valence-electron chi connectivity index (χ2n) is 0.707. The number of hydrogen-bond acceptors (Lipinski definition) is 0. The van der Waals surface area contributed by atoms with Crippen molar-refractivity contribution in [1.29, 1.82) is 0 Å². The minimum Gasteiger partial charge on any atom is -0.114 e. The predicted molar refractivity (Wildman–Crippen MR) is 57.3 cm³/mol. The van der Waals surface area contributed by atoms with E-state index < -0.39 is 0 Å². The molecule has 0 bridgehead atoms. The van der Waals surface area contributed by atoms with Crippen LogP contribution in [0.4, 0.5) is 0 Å². The Labute approximate surface area is 87.5 Å². The first-order valence-electron chi connectivity index (χ1n) is 1.41. The third-order valence-corrected chi connectivity index (χ3v) is 0. The van der Waals surface area contributed by atoms with E-state index in [2.05, 4.69) is 13.8 Å². The van der Waals surface area contributed by atoms with Crippen LogP contribution >= 0.6 is 67.9 Å². The molecular formula is C3H12Br4. The van der Waals surface area contributed by atoms with Crippen LogP contribution in [-0.4, -0.2) is 0 Å². The van der Waals surface area contributed by atoms with Crippen molar-refractivity contribution in [2.75, 3.05) is 0 Å². The maximum Gasteiger partial charge on any atom is -0.0590 e. The monoisotopic (exact) mass is 364 g/mol. The van der Waals surface area contributed by atoms with Gasteiger partial charge < -0.3 is 0 Å². The number of hydrogen-bond donors (Lipinski definition) is 0. The average Bonchev–Trinajstić information content (AvgIpc) is 0.918. The molecule has 0 aliphatic heterocycles. The highest BCUT2D eigenvalue weighted by molar-refractivity contribution is 8.93. The van der Waals surface area contributed by atoms with E-state index in [0.29, 0.717) is 0 Å². The van der Waals surface area contributed by atoms with Gasteiger partial charge in [-0.05, 0) is 0 Å². The quantitative estimate of drug-likeness (QED) is 0.612. The Bertz CT molecular complexity index is 6.90. The van der Waals surface area contributed by atoms with Gasteiger partial charge in [-0.25, -0.2) is 0 Å². The lowest BCUT2D eigenvalue weighted by molar-refractivity contribution is 1.09. The fraction of sp³-hybridized carbons (Fsp3) is 1.00. The van der Waals surface area contributed by atoms with Crippen molar-refractivity contribution >= 4 is 67.9 Å². The van der Waals surface area contributed by atoms with Gasteiger partial charge in [0.15, 0.2) is 0 Å². The van der Waals surface area contributed by atoms with Gasteiger partial charge in [0, 0.05) is 0 Å². The molecule has 0 N–H and O–H groups in total. The molecule has 0 amide bonds. The topological polar surface area (TPSA) is 0 Å². The number of halogens is 4. The van der Waals surface area contributed by atoms with Gasteiger partial charge in [-0.3, -0.25) is 0 Å². The van der Waals surface area contributed by atoms with Crippen molar-refractivity contribution in [3.05, 3.63) is 0 Å². The zero-order valence-corrected chi connectivity index (χ0v) is 11.2. The molecule has 0 aromatic carbocycles. The highest BCUT2D eigenvalue weighted by Crippen LogP contribution is 1.56. The van der Waals surface area contributed by atoms with E-state index >= 15 is 0 Å². The molecule has 0 saturated carbocycles. The fourth-order valence-electron chi connectivity index (χ4n) is 0. The Hall–Kier alpha value is 1.92. The van der Waals surface area contributed by atoms with Gasteiger partial charge in [0.1, 0.15) is 0 Å². The SMILES string of the molecule is Br.Br.Br.Br.CCC. The molecule has 0 fully saturated rings. The van der Waals surface area contributed by atoms with E-state index in [1.807, 2.05) is 0 Å². The lowest BCUT2D eigenvalue weighted by Gasteiger charge is -1.48. The molecule has 0 atom stereocenters. The molecule has 4 heteroatoms. The van der Waals surface area contributed by atoms with Gasteiger partial charge >= 0.3 is 0 Å². The molecule has 0 saturated heterocycles. The van der Waals surface area contributed by atoms with Gasteiger partial charge in [0.2, 0.25) is 0 Å². The van der Waals surface area contributed by atoms with Crippen LogP contribution in [0.5, 0.6) is 0 Å². The maximum absolute atomic E-state index is 2.12. The largest absolute Gasteiger partial charge is 0.114 e. The molecule has 0 radical (unpaired) electrons. The fourth-order valence-corrected chi connectivity index (χ4v) is 0. The smallest absolute Gasteiger partial charge is 0.0590 e. The van der Waals surface area contributed by atoms with Crippen molar-refractivity contribution in [3.8, 4) is 0 Å². The van der Waals surface area contributed by atoms with Gasteiger partial charge in [-0.15, -0.1) is 67.9 Å². The molecule has 0 rings (SSSR count). The van der Waals surface area contributed by atoms with Crippen molar-refractivity contribution in [1.82, 2.24) is 0 Å². The summed E-state index contributed by atoms with van der Waals surface area (Å²) >= 11 is 0. The van der Waals surface area contributed by atoms with Crippen molar-refractivity contribution in [2.45, 2.75) is 20.3 Å². The Morgan fingerprint density at radius 3 is 0.714 bits per heavy atom. The molecule has 0 nitrogen and oxygen atoms in total. The molecule has 0 aromatic heterocycles. The summed E-state index contributed by atoms with van der Waals surface area (Å²) < 4.78 is 0.